The fourth-order valence-corrected chi connectivity index (χ4v) is 7.86. The Balaban J connectivity index is 1.21. The van der Waals surface area contributed by atoms with E-state index in [0.717, 1.165) is 55.5 Å². The van der Waals surface area contributed by atoms with Crippen LogP contribution in [0.25, 0.3) is 28.1 Å². The third-order valence-electron chi connectivity index (χ3n) is 9.92. The lowest BCUT2D eigenvalue weighted by Crippen LogP contribution is -2.45. The van der Waals surface area contributed by atoms with Crippen LogP contribution in [0.2, 0.25) is 0 Å². The minimum absolute atomic E-state index is 0.00223. The zero-order valence-corrected chi connectivity index (χ0v) is 28.5. The molecule has 47 heavy (non-hydrogen) atoms. The molecule has 5 heterocycles. The Hall–Kier alpha value is -4.09. The number of nitrogens with zero attached hydrogens (tertiary/aromatic N) is 7. The summed E-state index contributed by atoms with van der Waals surface area (Å²) in [7, 11) is 2.15. The van der Waals surface area contributed by atoms with Crippen LogP contribution in [0.3, 0.4) is 0 Å². The predicted octanol–water partition coefficient (Wildman–Crippen LogP) is 5.46. The molecule has 3 atom stereocenters. The molecule has 1 spiro atoms. The predicted molar refractivity (Wildman–Crippen MR) is 183 cm³/mol. The highest BCUT2D eigenvalue weighted by atomic mass is 79.9. The summed E-state index contributed by atoms with van der Waals surface area (Å²) in [5.41, 5.74) is 4.23. The van der Waals surface area contributed by atoms with Crippen LogP contribution in [0.1, 0.15) is 66.6 Å². The first-order valence-electron chi connectivity index (χ1n) is 16.3. The van der Waals surface area contributed by atoms with Gasteiger partial charge in [0.25, 0.3) is 0 Å². The number of carbonyl (C=O) groups excluding carboxylic acids is 3. The average molecular weight is 697 g/mol. The van der Waals surface area contributed by atoms with Gasteiger partial charge in [-0.3, -0.25) is 19.1 Å². The molecule has 11 heteroatoms. The number of halogens is 1. The van der Waals surface area contributed by atoms with E-state index in [0.29, 0.717) is 39.1 Å². The maximum Gasteiger partial charge on any atom is 0.245 e. The smallest absolute Gasteiger partial charge is 0.245 e. The fourth-order valence-electron chi connectivity index (χ4n) is 7.51. The van der Waals surface area contributed by atoms with E-state index >= 15 is 0 Å². The summed E-state index contributed by atoms with van der Waals surface area (Å²) in [5.74, 6) is 0.336. The van der Waals surface area contributed by atoms with Gasteiger partial charge in [-0.2, -0.15) is 5.10 Å². The second kappa shape index (κ2) is 12.5. The van der Waals surface area contributed by atoms with Crippen LogP contribution in [0, 0.1) is 12.3 Å². The Kier molecular flexibility index (Phi) is 8.38. The Bertz CT molecular complexity index is 1920. The van der Waals surface area contributed by atoms with Gasteiger partial charge < -0.3 is 9.80 Å². The first kappa shape index (κ1) is 31.5. The first-order chi connectivity index (χ1) is 22.6. The number of rotatable bonds is 4. The van der Waals surface area contributed by atoms with Crippen LogP contribution < -0.4 is 0 Å². The third-order valence-corrected chi connectivity index (χ3v) is 10.4. The number of fused-ring (bicyclic) bond motifs is 3. The molecule has 1 amide bonds. The van der Waals surface area contributed by atoms with Gasteiger partial charge in [0.15, 0.2) is 11.6 Å². The minimum Gasteiger partial charge on any atom is -0.327 e. The number of pyridine rings is 1. The second-order valence-electron chi connectivity index (χ2n) is 13.4. The number of hydrogen-bond donors (Lipinski definition) is 0. The van der Waals surface area contributed by atoms with Gasteiger partial charge >= 0.3 is 0 Å². The van der Waals surface area contributed by atoms with Crippen LogP contribution in [0.4, 0.5) is 0 Å². The van der Waals surface area contributed by atoms with Crippen molar-refractivity contribution in [1.82, 2.24) is 34.5 Å². The molecule has 4 aromatic rings. The van der Waals surface area contributed by atoms with Crippen LogP contribution >= 0.6 is 15.9 Å². The van der Waals surface area contributed by atoms with Crippen molar-refractivity contribution in [2.24, 2.45) is 5.41 Å². The molecular formula is C36H38BrN7O3. The van der Waals surface area contributed by atoms with Crippen molar-refractivity contribution in [2.75, 3.05) is 20.1 Å². The van der Waals surface area contributed by atoms with E-state index < -0.39 is 6.04 Å². The molecule has 1 saturated heterocycles. The van der Waals surface area contributed by atoms with E-state index in [2.05, 4.69) is 60.1 Å². The number of aromatic nitrogens is 5. The molecule has 0 radical (unpaired) electrons. The number of Topliss-reactive ketones (excluding diaryl/α,β-unsaturated/α-hetero) is 2. The summed E-state index contributed by atoms with van der Waals surface area (Å²) in [4.78, 5) is 58.7. The topological polar surface area (TPSA) is 114 Å². The average Bonchev–Trinajstić information content (AvgIpc) is 3.44. The fraction of sp³-hybridized carbons (Fsp3) is 0.417. The molecule has 7 rings (SSSR count). The number of amides is 1. The quantitative estimate of drug-likeness (QED) is 0.204. The summed E-state index contributed by atoms with van der Waals surface area (Å²) in [5, 5.41) is 5.31. The highest BCUT2D eigenvalue weighted by Gasteiger charge is 2.66. The van der Waals surface area contributed by atoms with Crippen LogP contribution in [0.5, 0.6) is 0 Å². The number of allylic oxidation sites excluding steroid dienone is 1. The molecule has 3 aromatic heterocycles. The van der Waals surface area contributed by atoms with E-state index in [4.69, 9.17) is 0 Å². The van der Waals surface area contributed by atoms with Gasteiger partial charge in [-0.05, 0) is 97.9 Å². The molecule has 2 bridgehead atoms. The van der Waals surface area contributed by atoms with Crippen molar-refractivity contribution in [3.63, 3.8) is 0 Å². The zero-order chi connectivity index (χ0) is 32.9. The van der Waals surface area contributed by atoms with Crippen molar-refractivity contribution >= 4 is 50.4 Å². The number of piperidine rings is 1. The normalized spacial score (nSPS) is 23.2. The number of likely N-dealkylation sites (tertiary alicyclic amines) is 1. The Labute approximate surface area is 282 Å². The molecule has 242 valence electrons. The summed E-state index contributed by atoms with van der Waals surface area (Å²) >= 11 is 3.48. The first-order valence-corrected chi connectivity index (χ1v) is 17.1. The van der Waals surface area contributed by atoms with Gasteiger partial charge in [-0.25, -0.2) is 15.0 Å². The standard InChI is InChI=1S/C36H38BrN7O3/c1-22(45)35-27-14-25(26-18-38-23(2)39-19-26)9-11-29(27)43(41-35)20-34(47)44-30-16-36(17-32(36)44)21-42(3)13-7-5-4-6-8-24-10-12-33(37)40-28(24)15-31(30)46/h6,8-12,14,18-19,30,32H,4-5,7,13,15-17,20-21H2,1-3H3/t30-,32+,36-/m0/s1. The summed E-state index contributed by atoms with van der Waals surface area (Å²) in [6.07, 6.45) is 12.6. The zero-order valence-electron chi connectivity index (χ0n) is 26.9. The number of ketones is 2. The van der Waals surface area contributed by atoms with Gasteiger partial charge in [-0.15, -0.1) is 0 Å². The van der Waals surface area contributed by atoms with E-state index in [9.17, 15) is 14.4 Å². The Morgan fingerprint density at radius 3 is 2.66 bits per heavy atom. The maximum atomic E-state index is 14.3. The lowest BCUT2D eigenvalue weighted by atomic mass is 9.94. The number of hydrogen-bond acceptors (Lipinski definition) is 8. The van der Waals surface area contributed by atoms with Crippen molar-refractivity contribution < 1.29 is 14.4 Å². The van der Waals surface area contributed by atoms with Crippen molar-refractivity contribution in [3.05, 3.63) is 76.2 Å². The van der Waals surface area contributed by atoms with Gasteiger partial charge in [0.2, 0.25) is 5.91 Å². The number of carbonyl (C=O) groups is 3. The van der Waals surface area contributed by atoms with E-state index in [-0.39, 0.29) is 41.9 Å². The molecule has 2 aliphatic heterocycles. The van der Waals surface area contributed by atoms with Gasteiger partial charge in [0.05, 0.1) is 23.7 Å². The van der Waals surface area contributed by atoms with Gasteiger partial charge in [0.1, 0.15) is 22.7 Å². The highest BCUT2D eigenvalue weighted by molar-refractivity contribution is 9.10. The number of benzene rings is 1. The SMILES string of the molecule is CC(=O)c1nn(CC(=O)N2[C@H]3C[C@]4(C[C@@H]24)CN(C)CCCCC=Cc2ccc(Br)nc2CC3=O)c2ccc(-c3cnc(C)nc3)cc12. The Morgan fingerprint density at radius 2 is 1.87 bits per heavy atom. The molecule has 0 unspecified atom stereocenters. The van der Waals surface area contributed by atoms with E-state index in [1.165, 1.54) is 6.92 Å². The highest BCUT2D eigenvalue weighted by Crippen LogP contribution is 2.60. The molecule has 0 N–H and O–H groups in total. The summed E-state index contributed by atoms with van der Waals surface area (Å²) < 4.78 is 2.30. The largest absolute Gasteiger partial charge is 0.327 e. The second-order valence-corrected chi connectivity index (χ2v) is 14.2. The maximum absolute atomic E-state index is 14.3. The van der Waals surface area contributed by atoms with Crippen molar-refractivity contribution in [2.45, 2.75) is 71.0 Å². The molecule has 1 saturated carbocycles. The van der Waals surface area contributed by atoms with E-state index in [1.807, 2.05) is 42.2 Å². The summed E-state index contributed by atoms with van der Waals surface area (Å²) in [6.45, 7) is 5.08. The van der Waals surface area contributed by atoms with Crippen LogP contribution in [-0.2, 0) is 22.6 Å². The lowest BCUT2D eigenvalue weighted by Gasteiger charge is -2.27. The van der Waals surface area contributed by atoms with Crippen LogP contribution in [0.15, 0.2) is 53.4 Å². The molecule has 3 aliphatic rings. The third kappa shape index (κ3) is 6.18. The van der Waals surface area contributed by atoms with E-state index in [1.54, 1.807) is 17.1 Å². The molecule has 10 nitrogen and oxygen atoms in total. The van der Waals surface area contributed by atoms with Crippen molar-refractivity contribution in [1.29, 1.82) is 0 Å². The molecular weight excluding hydrogens is 658 g/mol. The molecule has 2 fully saturated rings. The molecule has 1 aromatic carbocycles. The van der Waals surface area contributed by atoms with Gasteiger partial charge in [0, 0.05) is 48.3 Å². The minimum atomic E-state index is -0.542. The summed E-state index contributed by atoms with van der Waals surface area (Å²) in [6, 6.07) is 9.07. The number of aryl methyl sites for hydroxylation is 1. The Morgan fingerprint density at radius 1 is 1.06 bits per heavy atom. The van der Waals surface area contributed by atoms with Crippen LogP contribution in [-0.4, -0.2) is 84.2 Å². The van der Waals surface area contributed by atoms with Crippen molar-refractivity contribution in [3.8, 4) is 11.1 Å². The lowest BCUT2D eigenvalue weighted by molar-refractivity contribution is -0.139. The van der Waals surface area contributed by atoms with Gasteiger partial charge in [-0.1, -0.05) is 24.3 Å². The molecule has 1 aliphatic carbocycles. The monoisotopic (exact) mass is 695 g/mol.